The van der Waals surface area contributed by atoms with Crippen LogP contribution in [0.2, 0.25) is 0 Å². The fourth-order valence-corrected chi connectivity index (χ4v) is 3.18. The van der Waals surface area contributed by atoms with E-state index in [0.29, 0.717) is 12.2 Å². The van der Waals surface area contributed by atoms with E-state index in [-0.39, 0.29) is 16.6 Å². The Bertz CT molecular complexity index is 360. The molecular formula is C15H24O2. The van der Waals surface area contributed by atoms with Crippen molar-refractivity contribution in [2.75, 3.05) is 0 Å². The van der Waals surface area contributed by atoms with Gasteiger partial charge in [-0.1, -0.05) is 26.0 Å². The molecule has 17 heavy (non-hydrogen) atoms. The van der Waals surface area contributed by atoms with Gasteiger partial charge in [0.05, 0.1) is 23.4 Å². The van der Waals surface area contributed by atoms with Gasteiger partial charge in [0.15, 0.2) is 0 Å². The fraction of sp³-hybridized carbons (Fsp3) is 0.867. The minimum atomic E-state index is 0.109. The lowest BCUT2D eigenvalue weighted by atomic mass is 9.84. The summed E-state index contributed by atoms with van der Waals surface area (Å²) >= 11 is 0. The number of epoxide rings is 2. The molecule has 0 aromatic rings. The lowest BCUT2D eigenvalue weighted by Crippen LogP contribution is -2.17. The molecule has 2 saturated heterocycles. The lowest BCUT2D eigenvalue weighted by molar-refractivity contribution is 0.267. The minimum Gasteiger partial charge on any atom is -0.366 e. The van der Waals surface area contributed by atoms with Crippen LogP contribution in [-0.4, -0.2) is 23.4 Å². The van der Waals surface area contributed by atoms with Gasteiger partial charge < -0.3 is 9.47 Å². The molecule has 0 aromatic heterocycles. The molecule has 0 aromatic carbocycles. The first-order valence-corrected chi connectivity index (χ1v) is 6.86. The highest BCUT2D eigenvalue weighted by Crippen LogP contribution is 2.51. The molecule has 2 fully saturated rings. The highest BCUT2D eigenvalue weighted by Gasteiger charge is 2.57. The summed E-state index contributed by atoms with van der Waals surface area (Å²) < 4.78 is 11.8. The summed E-state index contributed by atoms with van der Waals surface area (Å²) in [6.45, 7) is 9.10. The Hall–Kier alpha value is -0.340. The number of fused-ring (bicyclic) bond motifs is 2. The van der Waals surface area contributed by atoms with Gasteiger partial charge in [-0.2, -0.15) is 0 Å². The Morgan fingerprint density at radius 1 is 1.00 bits per heavy atom. The van der Waals surface area contributed by atoms with Crippen LogP contribution in [0.5, 0.6) is 0 Å². The summed E-state index contributed by atoms with van der Waals surface area (Å²) in [5.74, 6) is 0. The Kier molecular flexibility index (Phi) is 2.32. The Morgan fingerprint density at radius 3 is 2.47 bits per heavy atom. The summed E-state index contributed by atoms with van der Waals surface area (Å²) in [5, 5.41) is 0. The van der Waals surface area contributed by atoms with E-state index in [0.717, 1.165) is 25.7 Å². The molecule has 0 radical (unpaired) electrons. The summed E-state index contributed by atoms with van der Waals surface area (Å²) in [6.07, 6.45) is 10.1. The third kappa shape index (κ3) is 2.17. The second-order valence-electron chi connectivity index (χ2n) is 7.18. The van der Waals surface area contributed by atoms with Crippen molar-refractivity contribution in [1.29, 1.82) is 0 Å². The summed E-state index contributed by atoms with van der Waals surface area (Å²) in [5.41, 5.74) is 0.480. The molecule has 1 aliphatic carbocycles. The first-order valence-electron chi connectivity index (χ1n) is 6.86. The van der Waals surface area contributed by atoms with Crippen LogP contribution < -0.4 is 0 Å². The highest BCUT2D eigenvalue weighted by molar-refractivity contribution is 5.12. The van der Waals surface area contributed by atoms with Gasteiger partial charge >= 0.3 is 0 Å². The van der Waals surface area contributed by atoms with Crippen LogP contribution in [0.3, 0.4) is 0 Å². The molecule has 0 saturated carbocycles. The van der Waals surface area contributed by atoms with Crippen LogP contribution in [0, 0.1) is 5.41 Å². The van der Waals surface area contributed by atoms with Crippen LogP contribution >= 0.6 is 0 Å². The van der Waals surface area contributed by atoms with Crippen molar-refractivity contribution in [2.24, 2.45) is 5.41 Å². The molecule has 2 aliphatic heterocycles. The molecule has 2 unspecified atom stereocenters. The van der Waals surface area contributed by atoms with Crippen LogP contribution in [0.4, 0.5) is 0 Å². The van der Waals surface area contributed by atoms with Gasteiger partial charge in [-0.3, -0.25) is 0 Å². The summed E-state index contributed by atoms with van der Waals surface area (Å²) in [7, 11) is 0. The molecule has 0 N–H and O–H groups in total. The van der Waals surface area contributed by atoms with Crippen molar-refractivity contribution < 1.29 is 9.47 Å². The SMILES string of the molecule is CC1(C)/C=C/CC2(C)O[C@H]2CCC2(C)O[C@@H]2C1. The maximum Gasteiger partial charge on any atom is 0.0954 e. The predicted octanol–water partition coefficient (Wildman–Crippen LogP) is 3.46. The van der Waals surface area contributed by atoms with E-state index in [1.165, 1.54) is 0 Å². The van der Waals surface area contributed by atoms with Gasteiger partial charge in [0.25, 0.3) is 0 Å². The van der Waals surface area contributed by atoms with E-state index in [1.807, 2.05) is 0 Å². The van der Waals surface area contributed by atoms with Crippen LogP contribution in [0.25, 0.3) is 0 Å². The molecular weight excluding hydrogens is 212 g/mol. The second-order valence-corrected chi connectivity index (χ2v) is 7.18. The third-order valence-electron chi connectivity index (χ3n) is 4.78. The van der Waals surface area contributed by atoms with Crippen molar-refractivity contribution in [2.45, 2.75) is 76.8 Å². The van der Waals surface area contributed by atoms with Gasteiger partial charge in [-0.05, 0) is 44.9 Å². The fourth-order valence-electron chi connectivity index (χ4n) is 3.18. The third-order valence-corrected chi connectivity index (χ3v) is 4.78. The maximum absolute atomic E-state index is 5.92. The first-order chi connectivity index (χ1) is 7.83. The smallest absolute Gasteiger partial charge is 0.0954 e. The van der Waals surface area contributed by atoms with Crippen LogP contribution in [0.15, 0.2) is 12.2 Å². The maximum atomic E-state index is 5.92. The van der Waals surface area contributed by atoms with E-state index >= 15 is 0 Å². The van der Waals surface area contributed by atoms with Gasteiger partial charge in [0.2, 0.25) is 0 Å². The zero-order valence-electron chi connectivity index (χ0n) is 11.5. The van der Waals surface area contributed by atoms with Crippen molar-refractivity contribution in [1.82, 2.24) is 0 Å². The molecule has 4 atom stereocenters. The van der Waals surface area contributed by atoms with Gasteiger partial charge in [-0.15, -0.1) is 0 Å². The zero-order chi connectivity index (χ0) is 12.3. The van der Waals surface area contributed by atoms with Gasteiger partial charge in [0.1, 0.15) is 0 Å². The quantitative estimate of drug-likeness (QED) is 0.475. The molecule has 2 nitrogen and oxygen atoms in total. The molecule has 3 rings (SSSR count). The molecule has 2 heteroatoms. The van der Waals surface area contributed by atoms with E-state index in [1.54, 1.807) is 0 Å². The molecule has 3 aliphatic rings. The lowest BCUT2D eigenvalue weighted by Gasteiger charge is -2.19. The van der Waals surface area contributed by atoms with Gasteiger partial charge in [0, 0.05) is 0 Å². The van der Waals surface area contributed by atoms with Crippen LogP contribution in [-0.2, 0) is 9.47 Å². The molecule has 0 spiro atoms. The van der Waals surface area contributed by atoms with E-state index in [9.17, 15) is 0 Å². The number of hydrogen-bond acceptors (Lipinski definition) is 2. The second kappa shape index (κ2) is 3.36. The average molecular weight is 236 g/mol. The number of rotatable bonds is 0. The molecule has 0 bridgehead atoms. The van der Waals surface area contributed by atoms with E-state index in [2.05, 4.69) is 39.8 Å². The molecule has 0 amide bonds. The van der Waals surface area contributed by atoms with Crippen molar-refractivity contribution in [3.05, 3.63) is 12.2 Å². The highest BCUT2D eigenvalue weighted by atomic mass is 16.6. The Labute approximate surface area is 104 Å². The predicted molar refractivity (Wildman–Crippen MR) is 67.9 cm³/mol. The Balaban J connectivity index is 1.77. The topological polar surface area (TPSA) is 25.1 Å². The van der Waals surface area contributed by atoms with Gasteiger partial charge in [-0.25, -0.2) is 0 Å². The number of hydrogen-bond donors (Lipinski definition) is 0. The minimum absolute atomic E-state index is 0.109. The molecule has 2 heterocycles. The standard InChI is InChI=1S/C15H24O2/c1-13(2)7-5-8-14(3)11(16-14)6-9-15(4)12(10-13)17-15/h5,7,11-12H,6,8-10H2,1-4H3/b7-5+/t11-,12+,14?,15?/m0/s1. The zero-order valence-corrected chi connectivity index (χ0v) is 11.5. The monoisotopic (exact) mass is 236 g/mol. The van der Waals surface area contributed by atoms with Crippen LogP contribution in [0.1, 0.15) is 53.4 Å². The first kappa shape index (κ1) is 11.7. The van der Waals surface area contributed by atoms with E-state index in [4.69, 9.17) is 9.47 Å². The normalized spacial score (nSPS) is 53.9. The largest absolute Gasteiger partial charge is 0.366 e. The van der Waals surface area contributed by atoms with Crippen molar-refractivity contribution in [3.8, 4) is 0 Å². The Morgan fingerprint density at radius 2 is 1.71 bits per heavy atom. The van der Waals surface area contributed by atoms with E-state index < -0.39 is 0 Å². The summed E-state index contributed by atoms with van der Waals surface area (Å²) in [4.78, 5) is 0. The number of allylic oxidation sites excluding steroid dienone is 1. The number of ether oxygens (including phenoxy) is 2. The van der Waals surface area contributed by atoms with Crippen molar-refractivity contribution in [3.63, 3.8) is 0 Å². The average Bonchev–Trinajstić information content (AvgIpc) is 3.01. The van der Waals surface area contributed by atoms with Crippen molar-refractivity contribution >= 4 is 0 Å². The molecule has 96 valence electrons. The summed E-state index contributed by atoms with van der Waals surface area (Å²) in [6, 6.07) is 0.